The molecule has 5 N–H and O–H groups in total. The van der Waals surface area contributed by atoms with Crippen molar-refractivity contribution in [2.24, 2.45) is 5.73 Å². The molecular weight excluding hydrogens is 246 g/mol. The molecule has 0 unspecified atom stereocenters. The molecule has 0 amide bonds. The van der Waals surface area contributed by atoms with Crippen LogP contribution in [0.3, 0.4) is 0 Å². The van der Waals surface area contributed by atoms with E-state index < -0.39 is 0 Å². The maximum absolute atomic E-state index is 5.93. The quantitative estimate of drug-likeness (QED) is 0.724. The van der Waals surface area contributed by atoms with Gasteiger partial charge in [0.25, 0.3) is 0 Å². The molecule has 102 valence electrons. The summed E-state index contributed by atoms with van der Waals surface area (Å²) < 4.78 is 10.5. The fourth-order valence-electron chi connectivity index (χ4n) is 1.74. The SMILES string of the molecule is COc1cc2nc(NCCN)nc(N)c2cc1OC. The van der Waals surface area contributed by atoms with Crippen molar-refractivity contribution in [2.75, 3.05) is 38.4 Å². The van der Waals surface area contributed by atoms with Gasteiger partial charge >= 0.3 is 0 Å². The lowest BCUT2D eigenvalue weighted by Crippen LogP contribution is -2.15. The maximum atomic E-state index is 5.93. The molecule has 0 aliphatic carbocycles. The summed E-state index contributed by atoms with van der Waals surface area (Å²) >= 11 is 0. The van der Waals surface area contributed by atoms with Crippen molar-refractivity contribution >= 4 is 22.7 Å². The number of rotatable bonds is 5. The van der Waals surface area contributed by atoms with Gasteiger partial charge in [0.05, 0.1) is 19.7 Å². The molecular formula is C12H17N5O2. The van der Waals surface area contributed by atoms with Gasteiger partial charge in [-0.15, -0.1) is 0 Å². The summed E-state index contributed by atoms with van der Waals surface area (Å²) in [6.07, 6.45) is 0. The van der Waals surface area contributed by atoms with Crippen LogP contribution in [-0.2, 0) is 0 Å². The van der Waals surface area contributed by atoms with Crippen molar-refractivity contribution in [3.05, 3.63) is 12.1 Å². The highest BCUT2D eigenvalue weighted by Gasteiger charge is 2.11. The van der Waals surface area contributed by atoms with Crippen molar-refractivity contribution in [1.29, 1.82) is 0 Å². The molecule has 2 rings (SSSR count). The Bertz CT molecular complexity index is 588. The monoisotopic (exact) mass is 263 g/mol. The van der Waals surface area contributed by atoms with Gasteiger partial charge in [-0.1, -0.05) is 0 Å². The fraction of sp³-hybridized carbons (Fsp3) is 0.333. The first-order valence-electron chi connectivity index (χ1n) is 5.82. The smallest absolute Gasteiger partial charge is 0.225 e. The molecule has 19 heavy (non-hydrogen) atoms. The molecule has 0 aliphatic rings. The molecule has 0 saturated carbocycles. The minimum atomic E-state index is 0.380. The molecule has 1 heterocycles. The molecule has 0 bridgehead atoms. The Morgan fingerprint density at radius 1 is 1.16 bits per heavy atom. The van der Waals surface area contributed by atoms with E-state index in [9.17, 15) is 0 Å². The van der Waals surface area contributed by atoms with Crippen molar-refractivity contribution in [3.63, 3.8) is 0 Å². The van der Waals surface area contributed by atoms with Gasteiger partial charge in [-0.2, -0.15) is 4.98 Å². The summed E-state index contributed by atoms with van der Waals surface area (Å²) in [5, 5.41) is 3.71. The van der Waals surface area contributed by atoms with E-state index in [4.69, 9.17) is 20.9 Å². The number of methoxy groups -OCH3 is 2. The topological polar surface area (TPSA) is 108 Å². The van der Waals surface area contributed by atoms with Gasteiger partial charge in [-0.3, -0.25) is 0 Å². The Hall–Kier alpha value is -2.28. The molecule has 7 heteroatoms. The number of hydrogen-bond acceptors (Lipinski definition) is 7. The number of hydrogen-bond donors (Lipinski definition) is 3. The number of fused-ring (bicyclic) bond motifs is 1. The molecule has 0 radical (unpaired) electrons. The average Bonchev–Trinajstić information content (AvgIpc) is 2.43. The van der Waals surface area contributed by atoms with Crippen LogP contribution in [0, 0.1) is 0 Å². The minimum Gasteiger partial charge on any atom is -0.493 e. The highest BCUT2D eigenvalue weighted by molar-refractivity contribution is 5.91. The Kier molecular flexibility index (Phi) is 3.86. The van der Waals surface area contributed by atoms with Gasteiger partial charge in [-0.05, 0) is 6.07 Å². The largest absolute Gasteiger partial charge is 0.493 e. The highest BCUT2D eigenvalue weighted by Crippen LogP contribution is 2.33. The summed E-state index contributed by atoms with van der Waals surface area (Å²) in [6.45, 7) is 1.07. The van der Waals surface area contributed by atoms with E-state index in [0.717, 1.165) is 5.39 Å². The minimum absolute atomic E-state index is 0.380. The first kappa shape index (κ1) is 13.2. The van der Waals surface area contributed by atoms with E-state index in [0.29, 0.717) is 41.9 Å². The third kappa shape index (κ3) is 2.60. The molecule has 0 aliphatic heterocycles. The number of nitrogens with two attached hydrogens (primary N) is 2. The molecule has 0 fully saturated rings. The second kappa shape index (κ2) is 5.57. The molecule has 1 aromatic carbocycles. The van der Waals surface area contributed by atoms with Crippen LogP contribution >= 0.6 is 0 Å². The van der Waals surface area contributed by atoms with Gasteiger partial charge in [0.2, 0.25) is 5.95 Å². The van der Waals surface area contributed by atoms with Gasteiger partial charge in [0.1, 0.15) is 5.82 Å². The van der Waals surface area contributed by atoms with Crippen molar-refractivity contribution in [2.45, 2.75) is 0 Å². The average molecular weight is 263 g/mol. The van der Waals surface area contributed by atoms with Gasteiger partial charge in [0.15, 0.2) is 11.5 Å². The van der Waals surface area contributed by atoms with Crippen LogP contribution in [-0.4, -0.2) is 37.3 Å². The number of nitrogens with one attached hydrogen (secondary N) is 1. The number of aromatic nitrogens is 2. The molecule has 0 atom stereocenters. The van der Waals surface area contributed by atoms with Crippen LogP contribution < -0.4 is 26.3 Å². The zero-order valence-corrected chi connectivity index (χ0v) is 10.9. The van der Waals surface area contributed by atoms with E-state index in [-0.39, 0.29) is 0 Å². The standard InChI is InChI=1S/C12H17N5O2/c1-18-9-5-7-8(6-10(9)19-2)16-12(15-4-3-13)17-11(7)14/h5-6H,3-4,13H2,1-2H3,(H3,14,15,16,17). The molecule has 0 spiro atoms. The second-order valence-electron chi connectivity index (χ2n) is 3.87. The molecule has 0 saturated heterocycles. The molecule has 7 nitrogen and oxygen atoms in total. The zero-order chi connectivity index (χ0) is 13.8. The van der Waals surface area contributed by atoms with Gasteiger partial charge in [0, 0.05) is 24.5 Å². The summed E-state index contributed by atoms with van der Waals surface area (Å²) in [7, 11) is 3.14. The first-order chi connectivity index (χ1) is 9.19. The summed E-state index contributed by atoms with van der Waals surface area (Å²) in [5.74, 6) is 2.01. The fourth-order valence-corrected chi connectivity index (χ4v) is 1.74. The van der Waals surface area contributed by atoms with Crippen LogP contribution in [0.15, 0.2) is 12.1 Å². The highest BCUT2D eigenvalue weighted by atomic mass is 16.5. The first-order valence-corrected chi connectivity index (χ1v) is 5.82. The third-order valence-corrected chi connectivity index (χ3v) is 2.66. The lowest BCUT2D eigenvalue weighted by molar-refractivity contribution is 0.356. The Balaban J connectivity index is 2.53. The summed E-state index contributed by atoms with van der Waals surface area (Å²) in [5.41, 5.74) is 12.0. The van der Waals surface area contributed by atoms with E-state index in [1.54, 1.807) is 26.4 Å². The normalized spacial score (nSPS) is 10.5. The Labute approximate surface area is 110 Å². The predicted molar refractivity (Wildman–Crippen MR) is 74.6 cm³/mol. The van der Waals surface area contributed by atoms with Crippen molar-refractivity contribution in [1.82, 2.24) is 9.97 Å². The van der Waals surface area contributed by atoms with E-state index in [1.165, 1.54) is 0 Å². The lowest BCUT2D eigenvalue weighted by atomic mass is 10.2. The lowest BCUT2D eigenvalue weighted by Gasteiger charge is -2.11. The number of nitrogens with zero attached hydrogens (tertiary/aromatic N) is 2. The summed E-state index contributed by atoms with van der Waals surface area (Å²) in [6, 6.07) is 3.52. The third-order valence-electron chi connectivity index (χ3n) is 2.66. The Morgan fingerprint density at radius 3 is 2.47 bits per heavy atom. The van der Waals surface area contributed by atoms with Gasteiger partial charge < -0.3 is 26.3 Å². The Morgan fingerprint density at radius 2 is 1.84 bits per heavy atom. The van der Waals surface area contributed by atoms with Gasteiger partial charge in [-0.25, -0.2) is 4.98 Å². The van der Waals surface area contributed by atoms with Crippen LogP contribution in [0.5, 0.6) is 11.5 Å². The van der Waals surface area contributed by atoms with Crippen molar-refractivity contribution < 1.29 is 9.47 Å². The number of benzene rings is 1. The number of nitrogen functional groups attached to an aromatic ring is 1. The van der Waals surface area contributed by atoms with Crippen LogP contribution in [0.4, 0.5) is 11.8 Å². The zero-order valence-electron chi connectivity index (χ0n) is 10.9. The molecule has 2 aromatic rings. The van der Waals surface area contributed by atoms with Crippen LogP contribution in [0.1, 0.15) is 0 Å². The number of anilines is 2. The second-order valence-corrected chi connectivity index (χ2v) is 3.87. The van der Waals surface area contributed by atoms with Crippen molar-refractivity contribution in [3.8, 4) is 11.5 Å². The van der Waals surface area contributed by atoms with E-state index in [2.05, 4.69) is 15.3 Å². The van der Waals surface area contributed by atoms with Crippen LogP contribution in [0.25, 0.3) is 10.9 Å². The number of ether oxygens (including phenoxy) is 2. The van der Waals surface area contributed by atoms with E-state index >= 15 is 0 Å². The van der Waals surface area contributed by atoms with Crippen LogP contribution in [0.2, 0.25) is 0 Å². The predicted octanol–water partition coefficient (Wildman–Crippen LogP) is 0.600. The molecule has 1 aromatic heterocycles. The maximum Gasteiger partial charge on any atom is 0.225 e. The van der Waals surface area contributed by atoms with E-state index in [1.807, 2.05) is 0 Å². The summed E-state index contributed by atoms with van der Waals surface area (Å²) in [4.78, 5) is 8.54.